The van der Waals surface area contributed by atoms with E-state index < -0.39 is 30.4 Å². The Kier molecular flexibility index (Phi) is 7.41. The first-order valence-electron chi connectivity index (χ1n) is 13.2. The molecule has 5 rings (SSSR count). The van der Waals surface area contributed by atoms with Crippen LogP contribution in [0.4, 0.5) is 0 Å². The van der Waals surface area contributed by atoms with E-state index in [1.807, 2.05) is 36.4 Å². The van der Waals surface area contributed by atoms with Gasteiger partial charge < -0.3 is 25.0 Å². The summed E-state index contributed by atoms with van der Waals surface area (Å²) in [5.74, 6) is -1.27. The van der Waals surface area contributed by atoms with E-state index in [1.54, 1.807) is 17.9 Å². The number of carbonyl (C=O) groups excluding carboxylic acids is 4. The normalized spacial score (nSPS) is 27.8. The molecule has 0 bridgehead atoms. The lowest BCUT2D eigenvalue weighted by Gasteiger charge is -2.35. The fraction of sp³-hybridized carbons (Fsp3) is 0.500. The molecule has 196 valence electrons. The number of benzene rings is 2. The molecule has 5 atom stereocenters. The summed E-state index contributed by atoms with van der Waals surface area (Å²) in [4.78, 5) is 53.7. The third-order valence-corrected chi connectivity index (χ3v) is 7.58. The molecule has 37 heavy (non-hydrogen) atoms. The molecule has 2 N–H and O–H groups in total. The summed E-state index contributed by atoms with van der Waals surface area (Å²) in [5.41, 5.74) is 0.494. The molecule has 3 fully saturated rings. The Labute approximate surface area is 215 Å². The first-order valence-corrected chi connectivity index (χ1v) is 13.2. The second-order valence-electron chi connectivity index (χ2n) is 10.00. The van der Waals surface area contributed by atoms with Gasteiger partial charge >= 0.3 is 5.97 Å². The Bertz CT molecular complexity index is 1200. The summed E-state index contributed by atoms with van der Waals surface area (Å²) >= 11 is 0. The van der Waals surface area contributed by atoms with E-state index in [-0.39, 0.29) is 30.2 Å². The number of amides is 3. The highest BCUT2D eigenvalue weighted by atomic mass is 16.7. The van der Waals surface area contributed by atoms with Crippen LogP contribution in [0.15, 0.2) is 42.5 Å². The number of esters is 1. The van der Waals surface area contributed by atoms with E-state index >= 15 is 0 Å². The molecule has 3 saturated heterocycles. The van der Waals surface area contributed by atoms with Crippen molar-refractivity contribution in [2.75, 3.05) is 6.61 Å². The molecular formula is C28H33N3O6. The molecular weight excluding hydrogens is 474 g/mol. The molecule has 9 heteroatoms. The maximum absolute atomic E-state index is 13.8. The Morgan fingerprint density at radius 1 is 1.00 bits per heavy atom. The van der Waals surface area contributed by atoms with Crippen LogP contribution in [-0.2, 0) is 23.9 Å². The average Bonchev–Trinajstić information content (AvgIpc) is 3.46. The van der Waals surface area contributed by atoms with E-state index in [0.717, 1.165) is 36.5 Å². The molecule has 3 aliphatic heterocycles. The first kappa shape index (κ1) is 25.2. The lowest BCUT2D eigenvalue weighted by atomic mass is 9.98. The molecule has 3 aliphatic rings. The van der Waals surface area contributed by atoms with Crippen LogP contribution < -0.4 is 10.6 Å². The largest absolute Gasteiger partial charge is 0.433 e. The van der Waals surface area contributed by atoms with Gasteiger partial charge in [0, 0.05) is 18.2 Å². The highest BCUT2D eigenvalue weighted by Crippen LogP contribution is 2.32. The van der Waals surface area contributed by atoms with Gasteiger partial charge in [0.05, 0.1) is 6.42 Å². The van der Waals surface area contributed by atoms with E-state index in [0.29, 0.717) is 25.0 Å². The van der Waals surface area contributed by atoms with Crippen LogP contribution in [0.2, 0.25) is 0 Å². The van der Waals surface area contributed by atoms with Gasteiger partial charge in [0.2, 0.25) is 18.1 Å². The van der Waals surface area contributed by atoms with Gasteiger partial charge in [0.25, 0.3) is 5.91 Å². The van der Waals surface area contributed by atoms with Crippen molar-refractivity contribution in [3.8, 4) is 0 Å². The van der Waals surface area contributed by atoms with Gasteiger partial charge in [-0.05, 0) is 55.5 Å². The molecule has 2 unspecified atom stereocenters. The van der Waals surface area contributed by atoms with Gasteiger partial charge in [0.15, 0.2) is 0 Å². The van der Waals surface area contributed by atoms with Gasteiger partial charge in [0.1, 0.15) is 18.1 Å². The summed E-state index contributed by atoms with van der Waals surface area (Å²) in [7, 11) is 0. The third kappa shape index (κ3) is 5.32. The standard InChI is InChI=1S/C28H33N3O6/c1-2-36-28-22(16-24(32)37-28)30-26(34)23-14-13-20-9-5-6-10-21(27(35)31(20)23)29-25(33)19-12-11-17-7-3-4-8-18(17)15-19/h3-4,7-8,11-12,15,20-23,28H,2,5-6,9-10,13-14,16H2,1H3,(H,29,33)(H,30,34)/t20-,21-,22?,23-,28?/m0/s1. The fourth-order valence-electron chi connectivity index (χ4n) is 5.74. The van der Waals surface area contributed by atoms with Crippen molar-refractivity contribution in [2.45, 2.75) is 82.3 Å². The summed E-state index contributed by atoms with van der Waals surface area (Å²) in [5, 5.41) is 7.82. The summed E-state index contributed by atoms with van der Waals surface area (Å²) < 4.78 is 10.6. The molecule has 0 saturated carbocycles. The van der Waals surface area contributed by atoms with Gasteiger partial charge in [-0.2, -0.15) is 0 Å². The Morgan fingerprint density at radius 3 is 2.59 bits per heavy atom. The minimum Gasteiger partial charge on any atom is -0.433 e. The number of hydrogen-bond acceptors (Lipinski definition) is 6. The number of ether oxygens (including phenoxy) is 2. The van der Waals surface area contributed by atoms with Crippen LogP contribution in [0.25, 0.3) is 10.8 Å². The minimum atomic E-state index is -0.823. The zero-order valence-corrected chi connectivity index (χ0v) is 21.0. The Morgan fingerprint density at radius 2 is 1.78 bits per heavy atom. The molecule has 9 nitrogen and oxygen atoms in total. The van der Waals surface area contributed by atoms with Crippen LogP contribution in [-0.4, -0.2) is 65.7 Å². The molecule has 0 aliphatic carbocycles. The molecule has 2 aromatic carbocycles. The molecule has 3 heterocycles. The van der Waals surface area contributed by atoms with Crippen LogP contribution >= 0.6 is 0 Å². The first-order chi connectivity index (χ1) is 17.9. The molecule has 0 aromatic heterocycles. The minimum absolute atomic E-state index is 0.0327. The van der Waals surface area contributed by atoms with Crippen molar-refractivity contribution < 1.29 is 28.7 Å². The number of nitrogens with one attached hydrogen (secondary N) is 2. The van der Waals surface area contributed by atoms with Gasteiger partial charge in [-0.25, -0.2) is 0 Å². The van der Waals surface area contributed by atoms with Crippen LogP contribution in [0.1, 0.15) is 62.2 Å². The van der Waals surface area contributed by atoms with Crippen molar-refractivity contribution in [1.82, 2.24) is 15.5 Å². The van der Waals surface area contributed by atoms with Crippen molar-refractivity contribution in [1.29, 1.82) is 0 Å². The van der Waals surface area contributed by atoms with E-state index in [4.69, 9.17) is 9.47 Å². The number of nitrogens with zero attached hydrogens (tertiary/aromatic N) is 1. The highest BCUT2D eigenvalue weighted by molar-refractivity contribution is 6.01. The van der Waals surface area contributed by atoms with E-state index in [2.05, 4.69) is 10.6 Å². The molecule has 0 spiro atoms. The van der Waals surface area contributed by atoms with Crippen LogP contribution in [0.3, 0.4) is 0 Å². The summed E-state index contributed by atoms with van der Waals surface area (Å²) in [6.07, 6.45) is 3.57. The van der Waals surface area contributed by atoms with Gasteiger partial charge in [-0.1, -0.05) is 43.2 Å². The van der Waals surface area contributed by atoms with Crippen LogP contribution in [0, 0.1) is 0 Å². The summed E-state index contributed by atoms with van der Waals surface area (Å²) in [6, 6.07) is 11.3. The number of cyclic esters (lactones) is 1. The Hall–Kier alpha value is -3.46. The SMILES string of the molecule is CCOC1OC(=O)CC1NC(=O)[C@@H]1CC[C@@H]2CCCC[C@H](NC(=O)c3ccc4ccccc4c3)C(=O)N21. The molecule has 0 radical (unpaired) electrons. The number of fused-ring (bicyclic) bond motifs is 2. The maximum atomic E-state index is 13.8. The van der Waals surface area contributed by atoms with Crippen molar-refractivity contribution in [3.05, 3.63) is 48.0 Å². The number of rotatable bonds is 6. The lowest BCUT2D eigenvalue weighted by Crippen LogP contribution is -2.57. The highest BCUT2D eigenvalue weighted by Gasteiger charge is 2.45. The lowest BCUT2D eigenvalue weighted by molar-refractivity contribution is -0.164. The van der Waals surface area contributed by atoms with E-state index in [1.165, 1.54) is 0 Å². The number of carbonyl (C=O) groups is 4. The predicted octanol–water partition coefficient (Wildman–Crippen LogP) is 2.67. The second kappa shape index (κ2) is 10.9. The van der Waals surface area contributed by atoms with Crippen molar-refractivity contribution >= 4 is 34.5 Å². The summed E-state index contributed by atoms with van der Waals surface area (Å²) in [6.45, 7) is 2.14. The van der Waals surface area contributed by atoms with Crippen molar-refractivity contribution in [2.24, 2.45) is 0 Å². The topological polar surface area (TPSA) is 114 Å². The monoisotopic (exact) mass is 507 g/mol. The zero-order valence-electron chi connectivity index (χ0n) is 21.0. The second-order valence-corrected chi connectivity index (χ2v) is 10.00. The average molecular weight is 508 g/mol. The Balaban J connectivity index is 1.30. The predicted molar refractivity (Wildman–Crippen MR) is 135 cm³/mol. The van der Waals surface area contributed by atoms with Crippen molar-refractivity contribution in [3.63, 3.8) is 0 Å². The number of hydrogen-bond donors (Lipinski definition) is 2. The van der Waals surface area contributed by atoms with E-state index in [9.17, 15) is 19.2 Å². The van der Waals surface area contributed by atoms with Gasteiger partial charge in [-0.15, -0.1) is 0 Å². The van der Waals surface area contributed by atoms with Gasteiger partial charge in [-0.3, -0.25) is 19.2 Å². The fourth-order valence-corrected chi connectivity index (χ4v) is 5.74. The zero-order chi connectivity index (χ0) is 25.9. The molecule has 2 aromatic rings. The quantitative estimate of drug-likeness (QED) is 0.581. The maximum Gasteiger partial charge on any atom is 0.310 e. The molecule has 3 amide bonds. The van der Waals surface area contributed by atoms with Crippen LogP contribution in [0.5, 0.6) is 0 Å². The smallest absolute Gasteiger partial charge is 0.310 e. The third-order valence-electron chi connectivity index (χ3n) is 7.58.